The molecule has 0 fully saturated rings. The fourth-order valence-corrected chi connectivity index (χ4v) is 4.38. The third kappa shape index (κ3) is 2.92. The first kappa shape index (κ1) is 18.6. The smallest absolute Gasteiger partial charge is 0.159 e. The molecule has 0 saturated heterocycles. The predicted octanol–water partition coefficient (Wildman–Crippen LogP) is 5.70. The number of para-hydroxylation sites is 1. The van der Waals surface area contributed by atoms with Crippen LogP contribution in [0.2, 0.25) is 0 Å². The number of hydrogen-bond donors (Lipinski definition) is 0. The van der Waals surface area contributed by atoms with Crippen molar-refractivity contribution in [2.45, 2.75) is 0 Å². The number of benzene rings is 4. The molecule has 2 aromatic heterocycles. The lowest BCUT2D eigenvalue weighted by Gasteiger charge is -2.14. The minimum atomic E-state index is 0.702. The van der Waals surface area contributed by atoms with Crippen LogP contribution < -0.4 is 5.46 Å². The number of hydrogen-bond acceptors (Lipinski definition) is 2. The maximum atomic E-state index is 6.42. The maximum absolute atomic E-state index is 6.42. The molecule has 32 heavy (non-hydrogen) atoms. The van der Waals surface area contributed by atoms with Crippen molar-refractivity contribution in [2.75, 3.05) is 0 Å². The van der Waals surface area contributed by atoms with E-state index in [4.69, 9.17) is 17.8 Å². The molecule has 0 unspecified atom stereocenters. The highest BCUT2D eigenvalue weighted by Crippen LogP contribution is 2.35. The molecule has 0 N–H and O–H groups in total. The molecule has 6 rings (SSSR count). The molecule has 0 spiro atoms. The molecule has 148 valence electrons. The van der Waals surface area contributed by atoms with Crippen LogP contribution in [0.25, 0.3) is 50.1 Å². The van der Waals surface area contributed by atoms with E-state index in [2.05, 4.69) is 41.0 Å². The fraction of sp³-hybridized carbons (Fsp3) is 0. The Balaban J connectivity index is 1.71. The Labute approximate surface area is 187 Å². The van der Waals surface area contributed by atoms with Crippen molar-refractivity contribution in [1.82, 2.24) is 14.5 Å². The monoisotopic (exact) mass is 407 g/mol. The van der Waals surface area contributed by atoms with Crippen LogP contribution in [0.4, 0.5) is 0 Å². The molecule has 6 aromatic rings. The van der Waals surface area contributed by atoms with Gasteiger partial charge in [0, 0.05) is 21.9 Å². The lowest BCUT2D eigenvalue weighted by atomic mass is 9.91. The number of rotatable bonds is 3. The first-order valence-electron chi connectivity index (χ1n) is 10.6. The van der Waals surface area contributed by atoms with Crippen LogP contribution in [0.3, 0.4) is 0 Å². The van der Waals surface area contributed by atoms with Crippen molar-refractivity contribution >= 4 is 35.1 Å². The molecule has 3 nitrogen and oxygen atoms in total. The average molecular weight is 407 g/mol. The molecule has 2 radical (unpaired) electrons. The zero-order chi connectivity index (χ0) is 21.5. The number of fused-ring (bicyclic) bond motifs is 3. The normalized spacial score (nSPS) is 11.2. The van der Waals surface area contributed by atoms with Gasteiger partial charge >= 0.3 is 0 Å². The van der Waals surface area contributed by atoms with E-state index in [1.807, 2.05) is 72.9 Å². The van der Waals surface area contributed by atoms with Gasteiger partial charge in [0.05, 0.1) is 28.6 Å². The second-order valence-electron chi connectivity index (χ2n) is 7.75. The maximum Gasteiger partial charge on any atom is 0.159 e. The van der Waals surface area contributed by atoms with Gasteiger partial charge in [-0.1, -0.05) is 96.5 Å². The summed E-state index contributed by atoms with van der Waals surface area (Å²) in [5.74, 6) is 0.702. The van der Waals surface area contributed by atoms with Crippen LogP contribution in [0.1, 0.15) is 0 Å². The van der Waals surface area contributed by atoms with Crippen LogP contribution in [-0.4, -0.2) is 22.4 Å². The van der Waals surface area contributed by atoms with E-state index in [0.717, 1.165) is 49.8 Å². The van der Waals surface area contributed by atoms with Crippen molar-refractivity contribution in [2.24, 2.45) is 0 Å². The first-order valence-corrected chi connectivity index (χ1v) is 10.6. The highest BCUT2D eigenvalue weighted by Gasteiger charge is 2.18. The molecule has 4 heteroatoms. The van der Waals surface area contributed by atoms with Crippen LogP contribution in [0, 0.1) is 0 Å². The van der Waals surface area contributed by atoms with Crippen molar-refractivity contribution in [3.05, 3.63) is 109 Å². The summed E-state index contributed by atoms with van der Waals surface area (Å²) < 4.78 is 2.22. The zero-order valence-electron chi connectivity index (χ0n) is 17.3. The molecule has 0 saturated carbocycles. The van der Waals surface area contributed by atoms with Gasteiger partial charge in [-0.05, 0) is 12.1 Å². The zero-order valence-corrected chi connectivity index (χ0v) is 17.3. The second kappa shape index (κ2) is 7.50. The van der Waals surface area contributed by atoms with Crippen molar-refractivity contribution in [3.8, 4) is 28.3 Å². The van der Waals surface area contributed by atoms with Crippen molar-refractivity contribution in [1.29, 1.82) is 0 Å². The summed E-state index contributed by atoms with van der Waals surface area (Å²) in [7, 11) is 6.42. The summed E-state index contributed by atoms with van der Waals surface area (Å²) in [5.41, 5.74) is 6.71. The quantitative estimate of drug-likeness (QED) is 0.352. The highest BCUT2D eigenvalue weighted by molar-refractivity contribution is 6.41. The topological polar surface area (TPSA) is 30.7 Å². The molecule has 4 aromatic carbocycles. The summed E-state index contributed by atoms with van der Waals surface area (Å²) in [5, 5.41) is 2.17. The SMILES string of the molecule is [B]c1cccc2c1c1ccccc1n2-c1cnc(-c2ccccc2)nc1-c1ccccc1. The summed E-state index contributed by atoms with van der Waals surface area (Å²) in [6, 6.07) is 34.7. The molecule has 0 amide bonds. The Bertz CT molecular complexity index is 1570. The van der Waals surface area contributed by atoms with Gasteiger partial charge in [-0.25, -0.2) is 9.97 Å². The lowest BCUT2D eigenvalue weighted by molar-refractivity contribution is 1.09. The Hall–Kier alpha value is -4.18. The van der Waals surface area contributed by atoms with Crippen LogP contribution in [0.5, 0.6) is 0 Å². The van der Waals surface area contributed by atoms with E-state index in [9.17, 15) is 0 Å². The van der Waals surface area contributed by atoms with Crippen molar-refractivity contribution in [3.63, 3.8) is 0 Å². The molecule has 0 bridgehead atoms. The Morgan fingerprint density at radius 3 is 2.06 bits per heavy atom. The molecule has 2 heterocycles. The van der Waals surface area contributed by atoms with Gasteiger partial charge in [-0.3, -0.25) is 0 Å². The van der Waals surface area contributed by atoms with Crippen molar-refractivity contribution < 1.29 is 0 Å². The largest absolute Gasteiger partial charge is 0.306 e. The molecule has 0 aliphatic heterocycles. The van der Waals surface area contributed by atoms with E-state index >= 15 is 0 Å². The highest BCUT2D eigenvalue weighted by atomic mass is 15.0. The van der Waals surface area contributed by atoms with Crippen LogP contribution in [-0.2, 0) is 0 Å². The summed E-state index contributed by atoms with van der Waals surface area (Å²) in [4.78, 5) is 9.81. The molecular weight excluding hydrogens is 389 g/mol. The van der Waals surface area contributed by atoms with Crippen LogP contribution >= 0.6 is 0 Å². The van der Waals surface area contributed by atoms with Gasteiger partial charge in [0.1, 0.15) is 7.85 Å². The molecule has 0 atom stereocenters. The van der Waals surface area contributed by atoms with Gasteiger partial charge in [0.2, 0.25) is 0 Å². The molecular formula is C28H18BN3. The minimum Gasteiger partial charge on any atom is -0.306 e. The van der Waals surface area contributed by atoms with Gasteiger partial charge in [0.15, 0.2) is 5.82 Å². The van der Waals surface area contributed by atoms with E-state index in [1.54, 1.807) is 0 Å². The lowest BCUT2D eigenvalue weighted by Crippen LogP contribution is -2.05. The van der Waals surface area contributed by atoms with Crippen LogP contribution in [0.15, 0.2) is 109 Å². The summed E-state index contributed by atoms with van der Waals surface area (Å²) in [6.07, 6.45) is 1.92. The van der Waals surface area contributed by atoms with E-state index in [-0.39, 0.29) is 0 Å². The van der Waals surface area contributed by atoms with E-state index in [1.165, 1.54) is 0 Å². The Morgan fingerprint density at radius 1 is 0.625 bits per heavy atom. The van der Waals surface area contributed by atoms with Gasteiger partial charge in [-0.15, -0.1) is 0 Å². The second-order valence-corrected chi connectivity index (χ2v) is 7.75. The average Bonchev–Trinajstić information content (AvgIpc) is 3.20. The number of aromatic nitrogens is 3. The third-order valence-corrected chi connectivity index (χ3v) is 5.82. The summed E-state index contributed by atoms with van der Waals surface area (Å²) in [6.45, 7) is 0. The molecule has 0 aliphatic carbocycles. The van der Waals surface area contributed by atoms with Gasteiger partial charge < -0.3 is 4.57 Å². The van der Waals surface area contributed by atoms with E-state index < -0.39 is 0 Å². The Kier molecular flexibility index (Phi) is 4.36. The first-order chi connectivity index (χ1) is 15.8. The number of nitrogens with zero attached hydrogens (tertiary/aromatic N) is 3. The summed E-state index contributed by atoms with van der Waals surface area (Å²) >= 11 is 0. The fourth-order valence-electron chi connectivity index (χ4n) is 4.38. The molecule has 0 aliphatic rings. The third-order valence-electron chi connectivity index (χ3n) is 5.82. The minimum absolute atomic E-state index is 0.702. The predicted molar refractivity (Wildman–Crippen MR) is 133 cm³/mol. The van der Waals surface area contributed by atoms with E-state index in [0.29, 0.717) is 5.82 Å². The Morgan fingerprint density at radius 2 is 1.28 bits per heavy atom. The standard InChI is InChI=1S/C28H18BN3/c29-22-15-9-17-24-26(22)21-14-7-8-16-23(21)32(24)25-18-30-28(20-12-5-2-6-13-20)31-27(25)19-10-3-1-4-11-19/h1-18H. The van der Waals surface area contributed by atoms with Gasteiger partial charge in [0.25, 0.3) is 0 Å². The van der Waals surface area contributed by atoms with Gasteiger partial charge in [-0.2, -0.15) is 0 Å².